The van der Waals surface area contributed by atoms with E-state index < -0.39 is 5.97 Å². The highest BCUT2D eigenvalue weighted by Crippen LogP contribution is 2.35. The second-order valence-corrected chi connectivity index (χ2v) is 10.3. The van der Waals surface area contributed by atoms with E-state index >= 15 is 0 Å². The summed E-state index contributed by atoms with van der Waals surface area (Å²) in [6.07, 6.45) is 0.520. The SMILES string of the molecule is COCCCN(CCC(=O)O)C(=O)c1c(I)cc(I)c(N=C(C)Nc2ccccc2)c1I. The fourth-order valence-corrected chi connectivity index (χ4v) is 6.98. The first-order valence-corrected chi connectivity index (χ1v) is 13.0. The smallest absolute Gasteiger partial charge is 0.305 e. The number of carboxylic acids is 1. The van der Waals surface area contributed by atoms with E-state index in [-0.39, 0.29) is 18.9 Å². The summed E-state index contributed by atoms with van der Waals surface area (Å²) in [5, 5.41) is 12.4. The first-order chi connectivity index (χ1) is 15.2. The van der Waals surface area contributed by atoms with Gasteiger partial charge in [0.25, 0.3) is 5.91 Å². The average Bonchev–Trinajstić information content (AvgIpc) is 2.74. The molecule has 0 spiro atoms. The largest absolute Gasteiger partial charge is 0.481 e. The monoisotopic (exact) mass is 775 g/mol. The molecule has 0 aromatic heterocycles. The number of aliphatic carboxylic acids is 1. The summed E-state index contributed by atoms with van der Waals surface area (Å²) in [5.41, 5.74) is 2.19. The Labute approximate surface area is 228 Å². The third-order valence-electron chi connectivity index (χ3n) is 4.40. The van der Waals surface area contributed by atoms with Crippen molar-refractivity contribution in [3.05, 3.63) is 52.7 Å². The minimum Gasteiger partial charge on any atom is -0.481 e. The van der Waals surface area contributed by atoms with Crippen LogP contribution >= 0.6 is 67.8 Å². The quantitative estimate of drug-likeness (QED) is 0.142. The van der Waals surface area contributed by atoms with Crippen molar-refractivity contribution in [3.8, 4) is 0 Å². The molecule has 0 aliphatic rings. The fraction of sp³-hybridized carbons (Fsp3) is 0.318. The summed E-state index contributed by atoms with van der Waals surface area (Å²) in [7, 11) is 1.60. The molecule has 0 heterocycles. The molecule has 2 aromatic rings. The standard InChI is InChI=1S/C22H24I3N3O4/c1-14(26-15-7-4-3-5-8-15)27-21-17(24)13-16(23)19(20(21)25)22(31)28(10-6-12-32-2)11-9-18(29)30/h3-5,7-8,13H,6,9-12H2,1-2H3,(H,26,27)(H,29,30). The Morgan fingerprint density at radius 2 is 1.81 bits per heavy atom. The molecule has 10 heteroatoms. The summed E-state index contributed by atoms with van der Waals surface area (Å²) in [6, 6.07) is 11.7. The highest BCUT2D eigenvalue weighted by molar-refractivity contribution is 14.1. The number of hydrogen-bond acceptors (Lipinski definition) is 4. The Kier molecular flexibility index (Phi) is 11.6. The summed E-state index contributed by atoms with van der Waals surface area (Å²) in [4.78, 5) is 30.9. The lowest BCUT2D eigenvalue weighted by atomic mass is 10.1. The number of carbonyl (C=O) groups excluding carboxylic acids is 1. The molecule has 2 N–H and O–H groups in total. The Balaban J connectivity index is 2.38. The lowest BCUT2D eigenvalue weighted by Gasteiger charge is -2.24. The molecule has 0 atom stereocenters. The molecule has 0 aliphatic heterocycles. The normalized spacial score (nSPS) is 11.3. The van der Waals surface area contributed by atoms with E-state index in [1.54, 1.807) is 12.0 Å². The number of nitrogens with one attached hydrogen (secondary N) is 1. The van der Waals surface area contributed by atoms with E-state index in [0.29, 0.717) is 36.7 Å². The van der Waals surface area contributed by atoms with Crippen LogP contribution in [-0.4, -0.2) is 54.5 Å². The number of nitrogens with zero attached hydrogens (tertiary/aromatic N) is 2. The number of carbonyl (C=O) groups is 2. The van der Waals surface area contributed by atoms with Gasteiger partial charge in [-0.15, -0.1) is 0 Å². The number of amidine groups is 1. The van der Waals surface area contributed by atoms with Gasteiger partial charge in [-0.05, 0) is 99.3 Å². The minimum atomic E-state index is -0.936. The van der Waals surface area contributed by atoms with Crippen molar-refractivity contribution in [3.63, 3.8) is 0 Å². The average molecular weight is 775 g/mol. The van der Waals surface area contributed by atoms with Crippen LogP contribution in [-0.2, 0) is 9.53 Å². The first-order valence-electron chi connectivity index (χ1n) is 9.79. The van der Waals surface area contributed by atoms with Crippen LogP contribution in [0.2, 0.25) is 0 Å². The minimum absolute atomic E-state index is 0.110. The van der Waals surface area contributed by atoms with Crippen molar-refractivity contribution in [2.45, 2.75) is 19.8 Å². The van der Waals surface area contributed by atoms with Crippen LogP contribution in [0.3, 0.4) is 0 Å². The Morgan fingerprint density at radius 3 is 2.44 bits per heavy atom. The molecular formula is C22H24I3N3O4. The predicted octanol–water partition coefficient (Wildman–Crippen LogP) is 5.62. The number of hydrogen-bond donors (Lipinski definition) is 2. The van der Waals surface area contributed by atoms with Crippen LogP contribution in [0.4, 0.5) is 11.4 Å². The maximum absolute atomic E-state index is 13.4. The Bertz CT molecular complexity index is 984. The topological polar surface area (TPSA) is 91.2 Å². The molecular weight excluding hydrogens is 751 g/mol. The molecule has 0 saturated carbocycles. The van der Waals surface area contributed by atoms with Crippen LogP contribution in [0.1, 0.15) is 30.1 Å². The van der Waals surface area contributed by atoms with Crippen LogP contribution in [0.25, 0.3) is 0 Å². The van der Waals surface area contributed by atoms with Gasteiger partial charge < -0.3 is 20.1 Å². The van der Waals surface area contributed by atoms with Gasteiger partial charge in [0.1, 0.15) is 5.84 Å². The van der Waals surface area contributed by atoms with Gasteiger partial charge in [0, 0.05) is 39.6 Å². The Morgan fingerprint density at radius 1 is 1.12 bits per heavy atom. The van der Waals surface area contributed by atoms with Crippen LogP contribution in [0.15, 0.2) is 41.4 Å². The second-order valence-electron chi connectivity index (χ2n) is 6.85. The molecule has 0 unspecified atom stereocenters. The molecule has 7 nitrogen and oxygen atoms in total. The molecule has 32 heavy (non-hydrogen) atoms. The van der Waals surface area contributed by atoms with Gasteiger partial charge in [-0.1, -0.05) is 18.2 Å². The van der Waals surface area contributed by atoms with Crippen LogP contribution in [0, 0.1) is 10.7 Å². The van der Waals surface area contributed by atoms with Crippen LogP contribution < -0.4 is 5.32 Å². The zero-order valence-corrected chi connectivity index (χ0v) is 24.2. The summed E-state index contributed by atoms with van der Waals surface area (Å²) in [5.74, 6) is -0.429. The van der Waals surface area contributed by atoms with Crippen molar-refractivity contribution in [2.24, 2.45) is 4.99 Å². The number of aliphatic imine (C=N–C) groups is 1. The van der Waals surface area contributed by atoms with Gasteiger partial charge in [-0.25, -0.2) is 4.99 Å². The molecule has 2 aromatic carbocycles. The third-order valence-corrected chi connectivity index (χ3v) is 7.12. The summed E-state index contributed by atoms with van der Waals surface area (Å²) < 4.78 is 7.57. The zero-order valence-electron chi connectivity index (χ0n) is 17.7. The van der Waals surface area contributed by atoms with Gasteiger partial charge in [0.15, 0.2) is 0 Å². The molecule has 1 amide bonds. The molecule has 0 bridgehead atoms. The van der Waals surface area contributed by atoms with Gasteiger partial charge >= 0.3 is 5.97 Å². The van der Waals surface area contributed by atoms with Crippen LogP contribution in [0.5, 0.6) is 0 Å². The number of carboxylic acid groups (broad SMARTS) is 1. The molecule has 0 radical (unpaired) electrons. The van der Waals surface area contributed by atoms with Crippen molar-refractivity contribution < 1.29 is 19.4 Å². The van der Waals surface area contributed by atoms with Crippen molar-refractivity contribution in [1.29, 1.82) is 0 Å². The molecule has 0 aliphatic carbocycles. The number of amides is 1. The van der Waals surface area contributed by atoms with Crippen molar-refractivity contribution in [2.75, 3.05) is 32.1 Å². The number of benzene rings is 2. The number of para-hydroxylation sites is 1. The second kappa shape index (κ2) is 13.6. The molecule has 172 valence electrons. The van der Waals surface area contributed by atoms with Gasteiger partial charge in [0.2, 0.25) is 0 Å². The lowest BCUT2D eigenvalue weighted by molar-refractivity contribution is -0.137. The summed E-state index contributed by atoms with van der Waals surface area (Å²) in [6.45, 7) is 2.94. The van der Waals surface area contributed by atoms with E-state index in [4.69, 9.17) is 14.8 Å². The fourth-order valence-electron chi connectivity index (χ4n) is 2.91. The highest BCUT2D eigenvalue weighted by Gasteiger charge is 2.24. The molecule has 2 rings (SSSR count). The van der Waals surface area contributed by atoms with Crippen molar-refractivity contribution >= 4 is 96.9 Å². The maximum atomic E-state index is 13.4. The lowest BCUT2D eigenvalue weighted by Crippen LogP contribution is -2.35. The van der Waals surface area contributed by atoms with E-state index in [9.17, 15) is 9.59 Å². The number of halogens is 3. The molecule has 0 fully saturated rings. The number of rotatable bonds is 10. The predicted molar refractivity (Wildman–Crippen MR) is 152 cm³/mol. The number of ether oxygens (including phenoxy) is 1. The van der Waals surface area contributed by atoms with E-state index in [2.05, 4.69) is 73.1 Å². The van der Waals surface area contributed by atoms with E-state index in [0.717, 1.165) is 16.4 Å². The first kappa shape index (κ1) is 27.2. The number of anilines is 1. The maximum Gasteiger partial charge on any atom is 0.305 e. The summed E-state index contributed by atoms with van der Waals surface area (Å²) >= 11 is 6.54. The van der Waals surface area contributed by atoms with Gasteiger partial charge in [-0.2, -0.15) is 0 Å². The third kappa shape index (κ3) is 8.09. The van der Waals surface area contributed by atoms with E-state index in [1.165, 1.54) is 0 Å². The Hall–Kier alpha value is -1.000. The van der Waals surface area contributed by atoms with Gasteiger partial charge in [0.05, 0.1) is 21.2 Å². The number of methoxy groups -OCH3 is 1. The van der Waals surface area contributed by atoms with Gasteiger partial charge in [-0.3, -0.25) is 9.59 Å². The van der Waals surface area contributed by atoms with E-state index in [1.807, 2.05) is 43.3 Å². The zero-order chi connectivity index (χ0) is 23.7. The van der Waals surface area contributed by atoms with Crippen molar-refractivity contribution in [1.82, 2.24) is 4.90 Å². The molecule has 0 saturated heterocycles. The highest BCUT2D eigenvalue weighted by atomic mass is 127.